The Morgan fingerprint density at radius 1 is 1.12 bits per heavy atom. The summed E-state index contributed by atoms with van der Waals surface area (Å²) in [4.78, 5) is 36.4. The molecule has 0 spiro atoms. The van der Waals surface area contributed by atoms with Crippen molar-refractivity contribution >= 4 is 23.5 Å². The maximum atomic E-state index is 12.2. The van der Waals surface area contributed by atoms with E-state index in [4.69, 9.17) is 4.74 Å². The van der Waals surface area contributed by atoms with Crippen LogP contribution in [0, 0.1) is 0 Å². The van der Waals surface area contributed by atoms with Gasteiger partial charge in [0.05, 0.1) is 11.3 Å². The lowest BCUT2D eigenvalue weighted by atomic mass is 9.85. The van der Waals surface area contributed by atoms with Crippen molar-refractivity contribution < 1.29 is 24.2 Å². The standard InChI is InChI=1S/C19H24N2O5/c22-16(12-26-18(24)19(25)10-4-1-5-11-19)21-15-7-3-2-6-14(15)17(23)20-13-8-9-13/h2-3,6-7,13,25H,1,4-5,8-12H2,(H,20,23)(H,21,22). The highest BCUT2D eigenvalue weighted by Gasteiger charge is 2.38. The largest absolute Gasteiger partial charge is 0.453 e. The number of esters is 1. The number of amides is 2. The summed E-state index contributed by atoms with van der Waals surface area (Å²) < 4.78 is 4.99. The number of nitrogens with one attached hydrogen (secondary N) is 2. The summed E-state index contributed by atoms with van der Waals surface area (Å²) in [7, 11) is 0. The first-order valence-corrected chi connectivity index (χ1v) is 9.07. The van der Waals surface area contributed by atoms with Gasteiger partial charge in [0.15, 0.2) is 12.2 Å². The van der Waals surface area contributed by atoms with E-state index in [9.17, 15) is 19.5 Å². The van der Waals surface area contributed by atoms with Crippen LogP contribution in [0.4, 0.5) is 5.69 Å². The third kappa shape index (κ3) is 4.60. The van der Waals surface area contributed by atoms with Crippen LogP contribution in [0.15, 0.2) is 24.3 Å². The fourth-order valence-electron chi connectivity index (χ4n) is 3.07. The number of benzene rings is 1. The van der Waals surface area contributed by atoms with Crippen LogP contribution < -0.4 is 10.6 Å². The maximum absolute atomic E-state index is 12.2. The molecular formula is C19H24N2O5. The molecule has 0 heterocycles. The van der Waals surface area contributed by atoms with E-state index in [0.29, 0.717) is 24.1 Å². The maximum Gasteiger partial charge on any atom is 0.338 e. The number of anilines is 1. The molecule has 1 aromatic carbocycles. The van der Waals surface area contributed by atoms with E-state index in [1.54, 1.807) is 24.3 Å². The molecule has 0 aliphatic heterocycles. The van der Waals surface area contributed by atoms with E-state index in [-0.39, 0.29) is 11.9 Å². The minimum absolute atomic E-state index is 0.212. The van der Waals surface area contributed by atoms with Crippen LogP contribution >= 0.6 is 0 Å². The number of carbonyl (C=O) groups excluding carboxylic acids is 3. The molecule has 2 saturated carbocycles. The highest BCUT2D eigenvalue weighted by molar-refractivity contribution is 6.04. The van der Waals surface area contributed by atoms with Crippen molar-refractivity contribution in [1.29, 1.82) is 0 Å². The van der Waals surface area contributed by atoms with Gasteiger partial charge < -0.3 is 20.5 Å². The van der Waals surface area contributed by atoms with Gasteiger partial charge in [-0.1, -0.05) is 18.6 Å². The van der Waals surface area contributed by atoms with E-state index in [0.717, 1.165) is 32.1 Å². The molecule has 140 valence electrons. The summed E-state index contributed by atoms with van der Waals surface area (Å²) in [6, 6.07) is 6.89. The van der Waals surface area contributed by atoms with Crippen LogP contribution in [0.2, 0.25) is 0 Å². The summed E-state index contributed by atoms with van der Waals surface area (Å²) >= 11 is 0. The first kappa shape index (κ1) is 18.4. The molecule has 0 bridgehead atoms. The van der Waals surface area contributed by atoms with Gasteiger partial charge in [0.1, 0.15) is 0 Å². The molecule has 7 heteroatoms. The van der Waals surface area contributed by atoms with Crippen LogP contribution in [0.1, 0.15) is 55.3 Å². The van der Waals surface area contributed by atoms with Crippen molar-refractivity contribution in [3.05, 3.63) is 29.8 Å². The average Bonchev–Trinajstić information content (AvgIpc) is 3.44. The molecule has 0 unspecified atom stereocenters. The van der Waals surface area contributed by atoms with Crippen LogP contribution in [0.25, 0.3) is 0 Å². The van der Waals surface area contributed by atoms with Gasteiger partial charge in [0.25, 0.3) is 11.8 Å². The number of rotatable bonds is 6. The Labute approximate surface area is 152 Å². The Morgan fingerprint density at radius 2 is 1.81 bits per heavy atom. The third-order valence-corrected chi connectivity index (χ3v) is 4.75. The van der Waals surface area contributed by atoms with Gasteiger partial charge >= 0.3 is 5.97 Å². The quantitative estimate of drug-likeness (QED) is 0.671. The predicted molar refractivity (Wildman–Crippen MR) is 94.6 cm³/mol. The highest BCUT2D eigenvalue weighted by Crippen LogP contribution is 2.29. The number of aliphatic hydroxyl groups is 1. The van der Waals surface area contributed by atoms with E-state index >= 15 is 0 Å². The van der Waals surface area contributed by atoms with Crippen molar-refractivity contribution in [2.45, 2.75) is 56.6 Å². The first-order valence-electron chi connectivity index (χ1n) is 9.07. The molecule has 1 aromatic rings. The summed E-state index contributed by atoms with van der Waals surface area (Å²) in [6.07, 6.45) is 5.17. The molecular weight excluding hydrogens is 336 g/mol. The molecule has 2 amide bonds. The summed E-state index contributed by atoms with van der Waals surface area (Å²) in [5.41, 5.74) is -0.756. The molecule has 7 nitrogen and oxygen atoms in total. The molecule has 2 fully saturated rings. The Bertz CT molecular complexity index is 693. The zero-order valence-electron chi connectivity index (χ0n) is 14.6. The molecule has 2 aliphatic rings. The zero-order valence-corrected chi connectivity index (χ0v) is 14.6. The van der Waals surface area contributed by atoms with Crippen molar-refractivity contribution in [2.24, 2.45) is 0 Å². The summed E-state index contributed by atoms with van der Waals surface area (Å²) in [5.74, 6) is -1.55. The van der Waals surface area contributed by atoms with Crippen molar-refractivity contribution in [2.75, 3.05) is 11.9 Å². The lowest BCUT2D eigenvalue weighted by molar-refractivity contribution is -0.170. The molecule has 26 heavy (non-hydrogen) atoms. The fourth-order valence-corrected chi connectivity index (χ4v) is 3.07. The van der Waals surface area contributed by atoms with Crippen LogP contribution in [0.3, 0.4) is 0 Å². The van der Waals surface area contributed by atoms with Crippen molar-refractivity contribution in [1.82, 2.24) is 5.32 Å². The van der Waals surface area contributed by atoms with Crippen LogP contribution in [0.5, 0.6) is 0 Å². The smallest absolute Gasteiger partial charge is 0.338 e. The minimum atomic E-state index is -1.49. The summed E-state index contributed by atoms with van der Waals surface area (Å²) in [6.45, 7) is -0.500. The van der Waals surface area contributed by atoms with Gasteiger partial charge in [-0.05, 0) is 50.7 Å². The normalized spacial score (nSPS) is 18.7. The van der Waals surface area contributed by atoms with Gasteiger partial charge in [0.2, 0.25) is 0 Å². The number of ether oxygens (including phenoxy) is 1. The Balaban J connectivity index is 1.54. The second-order valence-corrected chi connectivity index (χ2v) is 7.01. The third-order valence-electron chi connectivity index (χ3n) is 4.75. The number of hydrogen-bond donors (Lipinski definition) is 3. The minimum Gasteiger partial charge on any atom is -0.453 e. The average molecular weight is 360 g/mol. The van der Waals surface area contributed by atoms with Crippen LogP contribution in [-0.2, 0) is 14.3 Å². The van der Waals surface area contributed by atoms with Crippen molar-refractivity contribution in [3.63, 3.8) is 0 Å². The monoisotopic (exact) mass is 360 g/mol. The number of hydrogen-bond acceptors (Lipinski definition) is 5. The number of carbonyl (C=O) groups is 3. The Hall–Kier alpha value is -2.41. The van der Waals surface area contributed by atoms with E-state index < -0.39 is 24.1 Å². The molecule has 0 radical (unpaired) electrons. The Morgan fingerprint density at radius 3 is 2.50 bits per heavy atom. The van der Waals surface area contributed by atoms with Gasteiger partial charge in [-0.3, -0.25) is 9.59 Å². The molecule has 0 aromatic heterocycles. The lowest BCUT2D eigenvalue weighted by Crippen LogP contribution is -2.42. The molecule has 2 aliphatic carbocycles. The van der Waals surface area contributed by atoms with E-state index in [1.165, 1.54) is 0 Å². The lowest BCUT2D eigenvalue weighted by Gasteiger charge is -2.29. The molecule has 0 atom stereocenters. The Kier molecular flexibility index (Phi) is 5.56. The second kappa shape index (κ2) is 7.86. The number of para-hydroxylation sites is 1. The second-order valence-electron chi connectivity index (χ2n) is 7.01. The summed E-state index contributed by atoms with van der Waals surface area (Å²) in [5, 5.41) is 15.8. The van der Waals surface area contributed by atoms with Gasteiger partial charge in [-0.15, -0.1) is 0 Å². The zero-order chi connectivity index (χ0) is 18.6. The van der Waals surface area contributed by atoms with E-state index in [2.05, 4.69) is 10.6 Å². The van der Waals surface area contributed by atoms with Crippen molar-refractivity contribution in [3.8, 4) is 0 Å². The molecule has 0 saturated heterocycles. The topological polar surface area (TPSA) is 105 Å². The van der Waals surface area contributed by atoms with Gasteiger partial charge in [-0.2, -0.15) is 0 Å². The van der Waals surface area contributed by atoms with Gasteiger partial charge in [0, 0.05) is 6.04 Å². The molecule has 3 N–H and O–H groups in total. The van der Waals surface area contributed by atoms with Gasteiger partial charge in [-0.25, -0.2) is 4.79 Å². The predicted octanol–water partition coefficient (Wildman–Crippen LogP) is 1.76. The fraction of sp³-hybridized carbons (Fsp3) is 0.526. The SMILES string of the molecule is O=C(COC(=O)C1(O)CCCCC1)Nc1ccccc1C(=O)NC1CC1. The first-order chi connectivity index (χ1) is 12.5. The van der Waals surface area contributed by atoms with E-state index in [1.807, 2.05) is 0 Å². The highest BCUT2D eigenvalue weighted by atomic mass is 16.6. The van der Waals surface area contributed by atoms with Crippen LogP contribution in [-0.4, -0.2) is 41.1 Å². The molecule has 3 rings (SSSR count).